The van der Waals surface area contributed by atoms with Crippen LogP contribution >= 0.6 is 0 Å². The maximum Gasteiger partial charge on any atom is 0.294 e. The third-order valence-electron chi connectivity index (χ3n) is 4.82. The van der Waals surface area contributed by atoms with E-state index in [-0.39, 0.29) is 17.3 Å². The number of nitrogens with one attached hydrogen (secondary N) is 1. The number of benzene rings is 3. The van der Waals surface area contributed by atoms with Crippen LogP contribution in [0.4, 0.5) is 5.82 Å². The van der Waals surface area contributed by atoms with Crippen LogP contribution in [0.3, 0.4) is 0 Å². The molecule has 3 aromatic carbocycles. The van der Waals surface area contributed by atoms with Crippen molar-refractivity contribution in [3.8, 4) is 17.1 Å². The molecule has 0 aliphatic rings. The first-order valence-electron chi connectivity index (χ1n) is 9.63. The van der Waals surface area contributed by atoms with Gasteiger partial charge in [0.2, 0.25) is 11.6 Å². The van der Waals surface area contributed by atoms with E-state index in [9.17, 15) is 4.79 Å². The molecule has 0 atom stereocenters. The number of nitrogen functional groups attached to an aromatic ring is 1. The summed E-state index contributed by atoms with van der Waals surface area (Å²) in [5.74, 6) is -0.385. The summed E-state index contributed by atoms with van der Waals surface area (Å²) < 4.78 is 5.98. The molecule has 32 heavy (non-hydrogen) atoms. The molecule has 1 amide bonds. The molecule has 10 heteroatoms. The Balaban J connectivity index is 1.48. The zero-order valence-electron chi connectivity index (χ0n) is 16.6. The smallest absolute Gasteiger partial charge is 0.294 e. The van der Waals surface area contributed by atoms with E-state index in [0.717, 1.165) is 16.3 Å². The van der Waals surface area contributed by atoms with Crippen molar-refractivity contribution in [2.75, 3.05) is 5.73 Å². The third-order valence-corrected chi connectivity index (χ3v) is 4.82. The van der Waals surface area contributed by atoms with Crippen molar-refractivity contribution in [1.82, 2.24) is 30.7 Å². The maximum atomic E-state index is 12.9. The molecule has 0 aliphatic carbocycles. The van der Waals surface area contributed by atoms with Crippen LogP contribution in [-0.4, -0.2) is 37.4 Å². The molecule has 156 valence electrons. The minimum absolute atomic E-state index is 0.0213. The Morgan fingerprint density at radius 3 is 2.59 bits per heavy atom. The van der Waals surface area contributed by atoms with E-state index >= 15 is 0 Å². The van der Waals surface area contributed by atoms with Gasteiger partial charge in [-0.05, 0) is 21.1 Å². The van der Waals surface area contributed by atoms with Gasteiger partial charge < -0.3 is 5.73 Å². The Bertz CT molecular complexity index is 1430. The van der Waals surface area contributed by atoms with E-state index in [1.807, 2.05) is 72.8 Å². The van der Waals surface area contributed by atoms with Gasteiger partial charge in [-0.25, -0.2) is 10.1 Å². The van der Waals surface area contributed by atoms with Crippen LogP contribution in [0.1, 0.15) is 16.1 Å². The fraction of sp³-hybridized carbons (Fsp3) is 0. The number of rotatable bonds is 5. The van der Waals surface area contributed by atoms with Gasteiger partial charge in [0.25, 0.3) is 5.91 Å². The Hall–Kier alpha value is -4.86. The van der Waals surface area contributed by atoms with Gasteiger partial charge in [0.15, 0.2) is 5.69 Å². The molecule has 5 aromatic rings. The van der Waals surface area contributed by atoms with Crippen LogP contribution in [0.25, 0.3) is 27.8 Å². The van der Waals surface area contributed by atoms with Gasteiger partial charge in [-0.3, -0.25) is 4.79 Å². The number of carbonyl (C=O) groups is 1. The highest BCUT2D eigenvalue weighted by atomic mass is 16.6. The fourth-order valence-corrected chi connectivity index (χ4v) is 3.35. The number of nitrogens with two attached hydrogens (primary N) is 1. The first kappa shape index (κ1) is 19.1. The Labute approximate surface area is 181 Å². The quantitative estimate of drug-likeness (QED) is 0.327. The van der Waals surface area contributed by atoms with E-state index in [1.54, 1.807) is 6.21 Å². The summed E-state index contributed by atoms with van der Waals surface area (Å²) in [6.45, 7) is 0. The number of carbonyl (C=O) groups excluding carboxylic acids is 1. The average Bonchev–Trinajstić information content (AvgIpc) is 3.45. The molecule has 2 heterocycles. The molecular weight excluding hydrogens is 408 g/mol. The monoisotopic (exact) mass is 424 g/mol. The van der Waals surface area contributed by atoms with E-state index in [1.165, 1.54) is 4.68 Å². The maximum absolute atomic E-state index is 12.9. The minimum Gasteiger partial charge on any atom is -0.378 e. The van der Waals surface area contributed by atoms with Crippen LogP contribution in [0.5, 0.6) is 0 Å². The Morgan fingerprint density at radius 2 is 1.78 bits per heavy atom. The third kappa shape index (κ3) is 3.45. The zero-order valence-corrected chi connectivity index (χ0v) is 16.6. The van der Waals surface area contributed by atoms with Gasteiger partial charge in [-0.1, -0.05) is 78.0 Å². The summed E-state index contributed by atoms with van der Waals surface area (Å²) in [5, 5.41) is 21.6. The fourth-order valence-electron chi connectivity index (χ4n) is 3.35. The van der Waals surface area contributed by atoms with E-state index in [4.69, 9.17) is 5.73 Å². The number of hydrogen-bond donors (Lipinski definition) is 2. The molecule has 0 fully saturated rings. The van der Waals surface area contributed by atoms with Crippen LogP contribution in [0, 0.1) is 0 Å². The highest BCUT2D eigenvalue weighted by molar-refractivity contribution is 6.01. The van der Waals surface area contributed by atoms with Gasteiger partial charge in [0.1, 0.15) is 5.69 Å². The second-order valence-electron chi connectivity index (χ2n) is 6.81. The van der Waals surface area contributed by atoms with Crippen molar-refractivity contribution in [2.45, 2.75) is 0 Å². The first-order valence-corrected chi connectivity index (χ1v) is 9.63. The summed E-state index contributed by atoms with van der Waals surface area (Å²) in [4.78, 5) is 12.9. The van der Waals surface area contributed by atoms with Gasteiger partial charge in [0, 0.05) is 11.1 Å². The second kappa shape index (κ2) is 8.11. The number of nitrogens with zero attached hydrogens (tertiary/aromatic N) is 6. The highest BCUT2D eigenvalue weighted by Gasteiger charge is 2.24. The van der Waals surface area contributed by atoms with Crippen LogP contribution in [0.15, 0.2) is 82.5 Å². The predicted octanol–water partition coefficient (Wildman–Crippen LogP) is 2.82. The number of aromatic nitrogens is 5. The minimum atomic E-state index is -0.540. The molecule has 0 saturated carbocycles. The summed E-state index contributed by atoms with van der Waals surface area (Å²) in [5.41, 5.74) is 10.3. The molecule has 0 saturated heterocycles. The highest BCUT2D eigenvalue weighted by Crippen LogP contribution is 2.26. The number of hydrazone groups is 1. The molecule has 3 N–H and O–H groups in total. The molecule has 5 rings (SSSR count). The van der Waals surface area contributed by atoms with E-state index in [2.05, 4.69) is 35.8 Å². The standard InChI is InChI=1S/C22H16N8O2/c23-20-21(28-32-27-20)30-19(15-8-2-1-3-9-15)18(25-29-30)22(31)26-24-13-16-11-6-10-14-7-4-5-12-17(14)16/h1-13H,(H2,23,27)(H,26,31)/b24-13-. The van der Waals surface area contributed by atoms with Crippen molar-refractivity contribution >= 4 is 28.7 Å². The van der Waals surface area contributed by atoms with Gasteiger partial charge in [-0.2, -0.15) is 9.78 Å². The molecule has 0 bridgehead atoms. The van der Waals surface area contributed by atoms with Crippen molar-refractivity contribution in [3.63, 3.8) is 0 Å². The molecular formula is C22H16N8O2. The number of anilines is 1. The van der Waals surface area contributed by atoms with Gasteiger partial charge in [0.05, 0.1) is 6.21 Å². The number of amides is 1. The molecule has 10 nitrogen and oxygen atoms in total. The van der Waals surface area contributed by atoms with Gasteiger partial charge in [-0.15, -0.1) is 5.10 Å². The van der Waals surface area contributed by atoms with Gasteiger partial charge >= 0.3 is 0 Å². The number of hydrogen-bond acceptors (Lipinski definition) is 8. The lowest BCUT2D eigenvalue weighted by molar-refractivity contribution is 0.0950. The second-order valence-corrected chi connectivity index (χ2v) is 6.81. The van der Waals surface area contributed by atoms with E-state index in [0.29, 0.717) is 11.3 Å². The summed E-state index contributed by atoms with van der Waals surface area (Å²) in [7, 11) is 0. The van der Waals surface area contributed by atoms with E-state index < -0.39 is 5.91 Å². The SMILES string of the molecule is Nc1nonc1-n1nnc(C(=O)N/N=C\c2cccc3ccccc23)c1-c1ccccc1. The average molecular weight is 424 g/mol. The predicted molar refractivity (Wildman–Crippen MR) is 118 cm³/mol. The first-order chi connectivity index (χ1) is 15.7. The largest absolute Gasteiger partial charge is 0.378 e. The van der Waals surface area contributed by atoms with Crippen molar-refractivity contribution in [1.29, 1.82) is 0 Å². The Kier molecular flexibility index (Phi) is 4.85. The van der Waals surface area contributed by atoms with Crippen molar-refractivity contribution in [2.24, 2.45) is 5.10 Å². The summed E-state index contributed by atoms with van der Waals surface area (Å²) >= 11 is 0. The molecule has 0 unspecified atom stereocenters. The lowest BCUT2D eigenvalue weighted by Gasteiger charge is -2.05. The van der Waals surface area contributed by atoms with Crippen LogP contribution in [-0.2, 0) is 0 Å². The zero-order chi connectivity index (χ0) is 21.9. The molecule has 0 aliphatic heterocycles. The summed E-state index contributed by atoms with van der Waals surface area (Å²) in [6, 6.07) is 22.9. The summed E-state index contributed by atoms with van der Waals surface area (Å²) in [6.07, 6.45) is 1.59. The molecule has 0 spiro atoms. The van der Waals surface area contributed by atoms with Crippen LogP contribution in [0.2, 0.25) is 0 Å². The van der Waals surface area contributed by atoms with Crippen LogP contribution < -0.4 is 11.2 Å². The van der Waals surface area contributed by atoms with Crippen molar-refractivity contribution in [3.05, 3.63) is 84.1 Å². The van der Waals surface area contributed by atoms with Crippen molar-refractivity contribution < 1.29 is 9.42 Å². The normalized spacial score (nSPS) is 11.2. The molecule has 2 aromatic heterocycles. The lowest BCUT2D eigenvalue weighted by atomic mass is 10.1. The molecule has 0 radical (unpaired) electrons. The Morgan fingerprint density at radius 1 is 1.00 bits per heavy atom. The lowest BCUT2D eigenvalue weighted by Crippen LogP contribution is -2.19. The topological polar surface area (TPSA) is 137 Å². The number of fused-ring (bicyclic) bond motifs is 1.